The molecule has 0 unspecified atom stereocenters. The predicted molar refractivity (Wildman–Crippen MR) is 135 cm³/mol. The minimum absolute atomic E-state index is 0. The van der Waals surface area contributed by atoms with E-state index in [1.807, 2.05) is 17.0 Å². The van der Waals surface area contributed by atoms with Crippen LogP contribution in [0.5, 0.6) is 5.88 Å². The highest BCUT2D eigenvalue weighted by Crippen LogP contribution is 2.26. The SMILES string of the molecule is CCNC(=NCc1ccnc(OC2CCC(C)CC2)c1)NCCCN1CCCC1=O.I. The van der Waals surface area contributed by atoms with Crippen molar-refractivity contribution in [2.24, 2.45) is 10.9 Å². The third-order valence-electron chi connectivity index (χ3n) is 5.88. The highest BCUT2D eigenvalue weighted by atomic mass is 127. The number of carbonyl (C=O) groups is 1. The fraction of sp³-hybridized carbons (Fsp3) is 0.696. The Morgan fingerprint density at radius 3 is 2.81 bits per heavy atom. The molecule has 2 aliphatic rings. The molecule has 1 aliphatic heterocycles. The van der Waals surface area contributed by atoms with Gasteiger partial charge in [0.05, 0.1) is 6.54 Å². The largest absolute Gasteiger partial charge is 0.474 e. The van der Waals surface area contributed by atoms with Gasteiger partial charge in [-0.1, -0.05) is 6.92 Å². The van der Waals surface area contributed by atoms with Gasteiger partial charge in [-0.2, -0.15) is 0 Å². The minimum atomic E-state index is 0. The average molecular weight is 543 g/mol. The van der Waals surface area contributed by atoms with Crippen molar-refractivity contribution in [2.75, 3.05) is 26.2 Å². The van der Waals surface area contributed by atoms with Crippen molar-refractivity contribution in [3.63, 3.8) is 0 Å². The van der Waals surface area contributed by atoms with E-state index in [0.29, 0.717) is 18.8 Å². The molecule has 0 aromatic carbocycles. The first-order valence-corrected chi connectivity index (χ1v) is 11.6. The lowest BCUT2D eigenvalue weighted by Crippen LogP contribution is -2.39. The van der Waals surface area contributed by atoms with Crippen LogP contribution in [-0.2, 0) is 11.3 Å². The summed E-state index contributed by atoms with van der Waals surface area (Å²) in [6, 6.07) is 3.99. The Balaban J connectivity index is 0.00000341. The molecule has 1 aliphatic carbocycles. The standard InChI is InChI=1S/C23H37N5O2.HI/c1-3-24-23(26-12-5-15-28-14-4-6-22(28)29)27-17-19-11-13-25-21(16-19)30-20-9-7-18(2)8-10-20;/h11,13,16,18,20H,3-10,12,14-15,17H2,1-2H3,(H2,24,26,27);1H. The Bertz CT molecular complexity index is 707. The maximum absolute atomic E-state index is 11.7. The Morgan fingerprint density at radius 2 is 2.10 bits per heavy atom. The van der Waals surface area contributed by atoms with Gasteiger partial charge >= 0.3 is 0 Å². The second-order valence-electron chi connectivity index (χ2n) is 8.46. The van der Waals surface area contributed by atoms with Crippen LogP contribution in [0.4, 0.5) is 0 Å². The van der Waals surface area contributed by atoms with E-state index in [0.717, 1.165) is 69.3 Å². The van der Waals surface area contributed by atoms with Crippen LogP contribution in [0.3, 0.4) is 0 Å². The fourth-order valence-corrected chi connectivity index (χ4v) is 4.06. The van der Waals surface area contributed by atoms with Crippen molar-refractivity contribution in [2.45, 2.75) is 71.4 Å². The second kappa shape index (κ2) is 13.8. The van der Waals surface area contributed by atoms with E-state index >= 15 is 0 Å². The number of carbonyl (C=O) groups excluding carboxylic acids is 1. The van der Waals surface area contributed by atoms with Gasteiger partial charge in [0.15, 0.2) is 5.96 Å². The zero-order valence-corrected chi connectivity index (χ0v) is 21.3. The molecular weight excluding hydrogens is 505 g/mol. The Labute approximate surface area is 203 Å². The molecule has 1 amide bonds. The van der Waals surface area contributed by atoms with E-state index in [1.54, 1.807) is 6.20 Å². The molecule has 1 aromatic heterocycles. The number of hydrogen-bond donors (Lipinski definition) is 2. The molecule has 0 atom stereocenters. The lowest BCUT2D eigenvalue weighted by Gasteiger charge is -2.26. The van der Waals surface area contributed by atoms with E-state index in [9.17, 15) is 4.79 Å². The third-order valence-corrected chi connectivity index (χ3v) is 5.88. The number of nitrogens with one attached hydrogen (secondary N) is 2. The molecule has 1 aromatic rings. The van der Waals surface area contributed by atoms with Gasteiger partial charge in [0, 0.05) is 44.9 Å². The van der Waals surface area contributed by atoms with Crippen LogP contribution in [-0.4, -0.2) is 54.0 Å². The molecule has 2 fully saturated rings. The maximum Gasteiger partial charge on any atom is 0.222 e. The molecule has 31 heavy (non-hydrogen) atoms. The van der Waals surface area contributed by atoms with Crippen molar-refractivity contribution in [3.05, 3.63) is 23.9 Å². The molecule has 2 N–H and O–H groups in total. The van der Waals surface area contributed by atoms with Crippen LogP contribution in [0.15, 0.2) is 23.3 Å². The number of halogens is 1. The van der Waals surface area contributed by atoms with Crippen LogP contribution in [0.25, 0.3) is 0 Å². The number of guanidine groups is 1. The number of aromatic nitrogens is 1. The minimum Gasteiger partial charge on any atom is -0.474 e. The van der Waals surface area contributed by atoms with Crippen molar-refractivity contribution in [1.82, 2.24) is 20.5 Å². The fourth-order valence-electron chi connectivity index (χ4n) is 4.06. The number of amides is 1. The van der Waals surface area contributed by atoms with Gasteiger partial charge in [-0.25, -0.2) is 9.98 Å². The first-order chi connectivity index (χ1) is 14.6. The van der Waals surface area contributed by atoms with Crippen LogP contribution >= 0.6 is 24.0 Å². The number of aliphatic imine (C=N–C) groups is 1. The third kappa shape index (κ3) is 8.82. The molecule has 0 radical (unpaired) electrons. The molecule has 2 heterocycles. The van der Waals surface area contributed by atoms with Crippen LogP contribution < -0.4 is 15.4 Å². The Morgan fingerprint density at radius 1 is 1.29 bits per heavy atom. The van der Waals surface area contributed by atoms with Crippen molar-refractivity contribution in [1.29, 1.82) is 0 Å². The summed E-state index contributed by atoms with van der Waals surface area (Å²) in [6.07, 6.45) is 9.40. The molecule has 3 rings (SSSR count). The normalized spacial score (nSPS) is 21.5. The number of ether oxygens (including phenoxy) is 1. The van der Waals surface area contributed by atoms with E-state index < -0.39 is 0 Å². The quantitative estimate of drug-likeness (QED) is 0.215. The zero-order chi connectivity index (χ0) is 21.2. The zero-order valence-electron chi connectivity index (χ0n) is 18.9. The maximum atomic E-state index is 11.7. The van der Waals surface area contributed by atoms with Gasteiger partial charge < -0.3 is 20.3 Å². The molecule has 8 heteroatoms. The van der Waals surface area contributed by atoms with Gasteiger partial charge in [-0.3, -0.25) is 4.79 Å². The lowest BCUT2D eigenvalue weighted by atomic mass is 9.89. The molecule has 0 bridgehead atoms. The van der Waals surface area contributed by atoms with E-state index in [4.69, 9.17) is 9.73 Å². The van der Waals surface area contributed by atoms with Crippen molar-refractivity contribution in [3.8, 4) is 5.88 Å². The van der Waals surface area contributed by atoms with Gasteiger partial charge in [-0.05, 0) is 63.0 Å². The second-order valence-corrected chi connectivity index (χ2v) is 8.46. The topological polar surface area (TPSA) is 78.9 Å². The number of pyridine rings is 1. The van der Waals surface area contributed by atoms with Crippen molar-refractivity contribution < 1.29 is 9.53 Å². The molecule has 7 nitrogen and oxygen atoms in total. The molecule has 1 saturated carbocycles. The van der Waals surface area contributed by atoms with Crippen molar-refractivity contribution >= 4 is 35.8 Å². The Kier molecular flexibility index (Phi) is 11.4. The highest BCUT2D eigenvalue weighted by molar-refractivity contribution is 14.0. The molecule has 0 spiro atoms. The molecule has 1 saturated heterocycles. The van der Waals surface area contributed by atoms with Crippen LogP contribution in [0.1, 0.15) is 64.4 Å². The van der Waals surface area contributed by atoms with E-state index in [1.165, 1.54) is 12.8 Å². The Hall–Kier alpha value is -1.58. The first kappa shape index (κ1) is 25.7. The summed E-state index contributed by atoms with van der Waals surface area (Å²) in [5.41, 5.74) is 1.09. The summed E-state index contributed by atoms with van der Waals surface area (Å²) >= 11 is 0. The van der Waals surface area contributed by atoms with Crippen LogP contribution in [0, 0.1) is 5.92 Å². The van der Waals surface area contributed by atoms with Gasteiger partial charge in [0.25, 0.3) is 0 Å². The number of hydrogen-bond acceptors (Lipinski definition) is 4. The number of rotatable bonds is 9. The summed E-state index contributed by atoms with van der Waals surface area (Å²) in [5, 5.41) is 6.65. The molecule has 174 valence electrons. The van der Waals surface area contributed by atoms with Gasteiger partial charge in [0.2, 0.25) is 11.8 Å². The average Bonchev–Trinajstić information content (AvgIpc) is 3.16. The highest BCUT2D eigenvalue weighted by Gasteiger charge is 2.20. The van der Waals surface area contributed by atoms with E-state index in [-0.39, 0.29) is 36.0 Å². The van der Waals surface area contributed by atoms with Crippen LogP contribution in [0.2, 0.25) is 0 Å². The van der Waals surface area contributed by atoms with E-state index in [2.05, 4.69) is 29.5 Å². The summed E-state index contributed by atoms with van der Waals surface area (Å²) < 4.78 is 6.11. The first-order valence-electron chi connectivity index (χ1n) is 11.6. The van der Waals surface area contributed by atoms with Gasteiger partial charge in [-0.15, -0.1) is 24.0 Å². The summed E-state index contributed by atoms with van der Waals surface area (Å²) in [6.45, 7) is 8.26. The monoisotopic (exact) mass is 543 g/mol. The number of likely N-dealkylation sites (tertiary alicyclic amines) is 1. The predicted octanol–water partition coefficient (Wildman–Crippen LogP) is 3.72. The summed E-state index contributed by atoms with van der Waals surface area (Å²) in [4.78, 5) is 22.7. The molecular formula is C23H38IN5O2. The summed E-state index contributed by atoms with van der Waals surface area (Å²) in [7, 11) is 0. The summed E-state index contributed by atoms with van der Waals surface area (Å²) in [5.74, 6) is 2.60. The van der Waals surface area contributed by atoms with Gasteiger partial charge in [0.1, 0.15) is 6.10 Å². The lowest BCUT2D eigenvalue weighted by molar-refractivity contribution is -0.127. The number of nitrogens with zero attached hydrogens (tertiary/aromatic N) is 3. The smallest absolute Gasteiger partial charge is 0.222 e.